The summed E-state index contributed by atoms with van der Waals surface area (Å²) in [6.07, 6.45) is 0. The molecule has 160 valence electrons. The molecule has 1 aromatic heterocycles. The standard InChI is InChI=1S/C23H20Br2N2O4/c24-15-3-1-2-14(12-15)20-19-21(28)17-13-16(25)4-5-18(17)31-22(19)23(29)27(20)7-6-26-8-10-30-11-9-26/h1-5,12-13,20H,6-11H2. The molecule has 3 aromatic rings. The number of fused-ring (bicyclic) bond motifs is 2. The average molecular weight is 548 g/mol. The molecule has 1 saturated heterocycles. The van der Waals surface area contributed by atoms with Gasteiger partial charge in [-0.05, 0) is 35.9 Å². The van der Waals surface area contributed by atoms with E-state index < -0.39 is 6.04 Å². The first-order chi connectivity index (χ1) is 15.0. The van der Waals surface area contributed by atoms with E-state index in [4.69, 9.17) is 9.15 Å². The van der Waals surface area contributed by atoms with E-state index in [-0.39, 0.29) is 17.1 Å². The fraction of sp³-hybridized carbons (Fsp3) is 0.304. The van der Waals surface area contributed by atoms with Crippen LogP contribution in [0.3, 0.4) is 0 Å². The molecule has 0 bridgehead atoms. The van der Waals surface area contributed by atoms with Gasteiger partial charge in [0.2, 0.25) is 5.76 Å². The van der Waals surface area contributed by atoms with Crippen LogP contribution in [0, 0.1) is 0 Å². The lowest BCUT2D eigenvalue weighted by Gasteiger charge is -2.31. The van der Waals surface area contributed by atoms with E-state index in [2.05, 4.69) is 36.8 Å². The number of benzene rings is 2. The minimum absolute atomic E-state index is 0.145. The zero-order chi connectivity index (χ0) is 21.5. The fourth-order valence-corrected chi connectivity index (χ4v) is 5.10. The first-order valence-electron chi connectivity index (χ1n) is 10.2. The van der Waals surface area contributed by atoms with Gasteiger partial charge in [0.25, 0.3) is 5.91 Å². The smallest absolute Gasteiger partial charge is 0.290 e. The van der Waals surface area contributed by atoms with Crippen molar-refractivity contribution in [2.75, 3.05) is 39.4 Å². The normalized spacial score (nSPS) is 19.2. The summed E-state index contributed by atoms with van der Waals surface area (Å²) in [5.41, 5.74) is 1.55. The molecule has 1 atom stereocenters. The van der Waals surface area contributed by atoms with Gasteiger partial charge in [-0.1, -0.05) is 44.0 Å². The molecule has 0 spiro atoms. The largest absolute Gasteiger partial charge is 0.450 e. The summed E-state index contributed by atoms with van der Waals surface area (Å²) in [5, 5.41) is 0.468. The lowest BCUT2D eigenvalue weighted by atomic mass is 9.98. The maximum Gasteiger partial charge on any atom is 0.290 e. The van der Waals surface area contributed by atoms with E-state index in [1.807, 2.05) is 24.3 Å². The van der Waals surface area contributed by atoms with Crippen LogP contribution in [0.15, 0.2) is 60.6 Å². The number of nitrogens with zero attached hydrogens (tertiary/aromatic N) is 2. The number of rotatable bonds is 4. The second-order valence-corrected chi connectivity index (χ2v) is 9.56. The molecule has 3 heterocycles. The molecule has 1 amide bonds. The Labute approximate surface area is 196 Å². The first kappa shape index (κ1) is 20.9. The Kier molecular flexibility index (Phi) is 5.73. The number of hydrogen-bond acceptors (Lipinski definition) is 5. The Morgan fingerprint density at radius 2 is 1.74 bits per heavy atom. The van der Waals surface area contributed by atoms with Crippen molar-refractivity contribution in [3.8, 4) is 0 Å². The highest BCUT2D eigenvalue weighted by Crippen LogP contribution is 2.38. The Bertz CT molecular complexity index is 1220. The molecular formula is C23H20Br2N2O4. The summed E-state index contributed by atoms with van der Waals surface area (Å²) in [4.78, 5) is 31.0. The van der Waals surface area contributed by atoms with Crippen LogP contribution in [0.4, 0.5) is 0 Å². The van der Waals surface area contributed by atoms with Crippen LogP contribution in [0.2, 0.25) is 0 Å². The summed E-state index contributed by atoms with van der Waals surface area (Å²) in [6.45, 7) is 4.29. The number of amides is 1. The molecule has 0 N–H and O–H groups in total. The number of hydrogen-bond donors (Lipinski definition) is 0. The molecule has 2 aromatic carbocycles. The molecule has 5 rings (SSSR count). The first-order valence-corrected chi connectivity index (χ1v) is 11.7. The summed E-state index contributed by atoms with van der Waals surface area (Å²) < 4.78 is 13.1. The van der Waals surface area contributed by atoms with Crippen molar-refractivity contribution in [2.45, 2.75) is 6.04 Å². The van der Waals surface area contributed by atoms with Crippen LogP contribution in [0.25, 0.3) is 11.0 Å². The quantitative estimate of drug-likeness (QED) is 0.490. The van der Waals surface area contributed by atoms with Gasteiger partial charge in [0.05, 0.1) is 30.2 Å². The number of carbonyl (C=O) groups excluding carboxylic acids is 1. The van der Waals surface area contributed by atoms with Crippen LogP contribution in [-0.2, 0) is 4.74 Å². The van der Waals surface area contributed by atoms with Gasteiger partial charge < -0.3 is 14.1 Å². The Hall–Kier alpha value is -2.00. The zero-order valence-electron chi connectivity index (χ0n) is 16.6. The van der Waals surface area contributed by atoms with Gasteiger partial charge >= 0.3 is 0 Å². The van der Waals surface area contributed by atoms with Gasteiger partial charge in [-0.15, -0.1) is 0 Å². The topological polar surface area (TPSA) is 63.0 Å². The highest BCUT2D eigenvalue weighted by Gasteiger charge is 2.42. The van der Waals surface area contributed by atoms with Crippen LogP contribution < -0.4 is 5.43 Å². The van der Waals surface area contributed by atoms with Crippen LogP contribution in [-0.4, -0.2) is 55.1 Å². The number of ether oxygens (including phenoxy) is 1. The fourth-order valence-electron chi connectivity index (χ4n) is 4.32. The molecular weight excluding hydrogens is 528 g/mol. The minimum Gasteiger partial charge on any atom is -0.450 e. The zero-order valence-corrected chi connectivity index (χ0v) is 19.8. The maximum atomic E-state index is 13.5. The van der Waals surface area contributed by atoms with Crippen molar-refractivity contribution in [3.63, 3.8) is 0 Å². The predicted octanol–water partition coefficient (Wildman–Crippen LogP) is 4.20. The van der Waals surface area contributed by atoms with Gasteiger partial charge in [-0.25, -0.2) is 0 Å². The number of morpholine rings is 1. The van der Waals surface area contributed by atoms with Crippen molar-refractivity contribution in [1.82, 2.24) is 9.80 Å². The molecule has 31 heavy (non-hydrogen) atoms. The van der Waals surface area contributed by atoms with Crippen molar-refractivity contribution >= 4 is 48.7 Å². The Balaban J connectivity index is 1.61. The van der Waals surface area contributed by atoms with E-state index in [1.165, 1.54) is 0 Å². The molecule has 0 aliphatic carbocycles. The average Bonchev–Trinajstić information content (AvgIpc) is 3.05. The van der Waals surface area contributed by atoms with Crippen molar-refractivity contribution in [2.24, 2.45) is 0 Å². The number of carbonyl (C=O) groups is 1. The summed E-state index contributed by atoms with van der Waals surface area (Å²) >= 11 is 6.95. The van der Waals surface area contributed by atoms with Gasteiger partial charge in [-0.2, -0.15) is 0 Å². The summed E-state index contributed by atoms with van der Waals surface area (Å²) in [6, 6.07) is 12.5. The molecule has 1 unspecified atom stereocenters. The lowest BCUT2D eigenvalue weighted by Crippen LogP contribution is -2.42. The van der Waals surface area contributed by atoms with Crippen LogP contribution >= 0.6 is 31.9 Å². The monoisotopic (exact) mass is 546 g/mol. The van der Waals surface area contributed by atoms with Crippen LogP contribution in [0.5, 0.6) is 0 Å². The van der Waals surface area contributed by atoms with Gasteiger partial charge in [0, 0.05) is 35.1 Å². The third-order valence-electron chi connectivity index (χ3n) is 5.85. The van der Waals surface area contributed by atoms with Gasteiger partial charge in [0.15, 0.2) is 5.43 Å². The Morgan fingerprint density at radius 1 is 0.968 bits per heavy atom. The number of halogens is 2. The van der Waals surface area contributed by atoms with E-state index in [0.717, 1.165) is 27.6 Å². The van der Waals surface area contributed by atoms with E-state index in [1.54, 1.807) is 23.1 Å². The molecule has 0 saturated carbocycles. The SMILES string of the molecule is O=C1c2oc3ccc(Br)cc3c(=O)c2C(c2cccc(Br)c2)N1CCN1CCOCC1. The summed E-state index contributed by atoms with van der Waals surface area (Å²) in [5.74, 6) is -0.0954. The molecule has 1 fully saturated rings. The molecule has 2 aliphatic heterocycles. The highest BCUT2D eigenvalue weighted by atomic mass is 79.9. The van der Waals surface area contributed by atoms with Gasteiger partial charge in [0.1, 0.15) is 5.58 Å². The van der Waals surface area contributed by atoms with Gasteiger partial charge in [-0.3, -0.25) is 14.5 Å². The lowest BCUT2D eigenvalue weighted by molar-refractivity contribution is 0.0314. The van der Waals surface area contributed by atoms with Crippen molar-refractivity contribution < 1.29 is 13.9 Å². The van der Waals surface area contributed by atoms with Crippen molar-refractivity contribution in [1.29, 1.82) is 0 Å². The van der Waals surface area contributed by atoms with Crippen molar-refractivity contribution in [3.05, 3.63) is 78.5 Å². The third-order valence-corrected chi connectivity index (χ3v) is 6.84. The third kappa shape index (κ3) is 3.86. The summed E-state index contributed by atoms with van der Waals surface area (Å²) in [7, 11) is 0. The molecule has 0 radical (unpaired) electrons. The van der Waals surface area contributed by atoms with Crippen LogP contribution in [0.1, 0.15) is 27.7 Å². The second-order valence-electron chi connectivity index (χ2n) is 7.72. The second kappa shape index (κ2) is 8.50. The predicted molar refractivity (Wildman–Crippen MR) is 124 cm³/mol. The molecule has 6 nitrogen and oxygen atoms in total. The maximum absolute atomic E-state index is 13.5. The minimum atomic E-state index is -0.485. The Morgan fingerprint density at radius 3 is 2.52 bits per heavy atom. The van der Waals surface area contributed by atoms with E-state index >= 15 is 0 Å². The molecule has 8 heteroatoms. The van der Waals surface area contributed by atoms with E-state index in [9.17, 15) is 9.59 Å². The van der Waals surface area contributed by atoms with E-state index in [0.29, 0.717) is 42.8 Å². The molecule has 2 aliphatic rings. The highest BCUT2D eigenvalue weighted by molar-refractivity contribution is 9.10.